The average Bonchev–Trinajstić information content (AvgIpc) is 2.77. The van der Waals surface area contributed by atoms with Crippen molar-refractivity contribution >= 4 is 23.4 Å². The van der Waals surface area contributed by atoms with Gasteiger partial charge in [0.1, 0.15) is 17.5 Å². The third-order valence-electron chi connectivity index (χ3n) is 4.79. The van der Waals surface area contributed by atoms with E-state index >= 15 is 0 Å². The minimum atomic E-state index is -0.554. The maximum absolute atomic E-state index is 13.0. The van der Waals surface area contributed by atoms with Crippen molar-refractivity contribution in [1.29, 1.82) is 0 Å². The highest BCUT2D eigenvalue weighted by molar-refractivity contribution is 6.31. The molecular formula is C23H29ClN2O4. The van der Waals surface area contributed by atoms with Crippen molar-refractivity contribution in [3.63, 3.8) is 0 Å². The van der Waals surface area contributed by atoms with Crippen molar-refractivity contribution in [3.8, 4) is 11.5 Å². The smallest absolute Gasteiger partial charge is 0.242 e. The van der Waals surface area contributed by atoms with Gasteiger partial charge in [-0.05, 0) is 48.7 Å². The van der Waals surface area contributed by atoms with Crippen LogP contribution in [0.2, 0.25) is 5.02 Å². The highest BCUT2D eigenvalue weighted by Crippen LogP contribution is 2.21. The molecule has 0 bridgehead atoms. The highest BCUT2D eigenvalue weighted by atomic mass is 35.5. The number of benzene rings is 2. The summed E-state index contributed by atoms with van der Waals surface area (Å²) in [5.41, 5.74) is 0.810. The SMILES string of the molecule is CCC(C(=O)NC)N(Cc1ccccc1Cl)C(=O)CCCOc1ccc(OC)cc1. The number of methoxy groups -OCH3 is 1. The summed E-state index contributed by atoms with van der Waals surface area (Å²) in [5, 5.41) is 3.22. The first kappa shape index (κ1) is 23.5. The van der Waals surface area contributed by atoms with Crippen LogP contribution in [0.25, 0.3) is 0 Å². The van der Waals surface area contributed by atoms with E-state index in [0.717, 1.165) is 11.3 Å². The summed E-state index contributed by atoms with van der Waals surface area (Å²) in [6.45, 7) is 2.57. The highest BCUT2D eigenvalue weighted by Gasteiger charge is 2.28. The number of halogens is 1. The van der Waals surface area contributed by atoms with Crippen LogP contribution in [-0.4, -0.2) is 43.5 Å². The van der Waals surface area contributed by atoms with Crippen LogP contribution in [0, 0.1) is 0 Å². The standard InChI is InChI=1S/C23H29ClN2O4/c1-4-21(23(28)25-2)26(16-17-8-5-6-9-20(17)24)22(27)10-7-15-30-19-13-11-18(29-3)12-14-19/h5-6,8-9,11-14,21H,4,7,10,15-16H2,1-3H3,(H,25,28). The molecule has 0 aliphatic rings. The topological polar surface area (TPSA) is 67.9 Å². The molecule has 30 heavy (non-hydrogen) atoms. The zero-order chi connectivity index (χ0) is 21.9. The monoisotopic (exact) mass is 432 g/mol. The minimum Gasteiger partial charge on any atom is -0.497 e. The van der Waals surface area contributed by atoms with Gasteiger partial charge in [-0.15, -0.1) is 0 Å². The van der Waals surface area contributed by atoms with E-state index < -0.39 is 6.04 Å². The number of carbonyl (C=O) groups is 2. The van der Waals surface area contributed by atoms with Crippen molar-refractivity contribution < 1.29 is 19.1 Å². The molecule has 0 saturated heterocycles. The maximum atomic E-state index is 13.0. The number of ether oxygens (including phenoxy) is 2. The van der Waals surface area contributed by atoms with Crippen LogP contribution in [0.1, 0.15) is 31.7 Å². The molecule has 1 unspecified atom stereocenters. The Morgan fingerprint density at radius 2 is 1.77 bits per heavy atom. The lowest BCUT2D eigenvalue weighted by atomic mass is 10.1. The van der Waals surface area contributed by atoms with E-state index in [-0.39, 0.29) is 24.8 Å². The fourth-order valence-corrected chi connectivity index (χ4v) is 3.32. The Labute approximate surface area is 183 Å². The molecule has 2 amide bonds. The predicted octanol–water partition coefficient (Wildman–Crippen LogP) is 4.06. The van der Waals surface area contributed by atoms with Crippen LogP contribution in [-0.2, 0) is 16.1 Å². The summed E-state index contributed by atoms with van der Waals surface area (Å²) in [6.07, 6.45) is 1.32. The lowest BCUT2D eigenvalue weighted by Gasteiger charge is -2.30. The van der Waals surface area contributed by atoms with Gasteiger partial charge < -0.3 is 19.7 Å². The first-order valence-corrected chi connectivity index (χ1v) is 10.4. The summed E-state index contributed by atoms with van der Waals surface area (Å²) in [7, 11) is 3.18. The number of hydrogen-bond acceptors (Lipinski definition) is 4. The van der Waals surface area contributed by atoms with Gasteiger partial charge in [0.2, 0.25) is 11.8 Å². The normalized spacial score (nSPS) is 11.5. The first-order valence-electron chi connectivity index (χ1n) is 10.0. The van der Waals surface area contributed by atoms with Gasteiger partial charge in [-0.25, -0.2) is 0 Å². The van der Waals surface area contributed by atoms with Gasteiger partial charge in [-0.3, -0.25) is 9.59 Å². The maximum Gasteiger partial charge on any atom is 0.242 e. The van der Waals surface area contributed by atoms with E-state index in [1.807, 2.05) is 49.4 Å². The minimum absolute atomic E-state index is 0.108. The largest absolute Gasteiger partial charge is 0.497 e. The van der Waals surface area contributed by atoms with Crippen LogP contribution in [0.5, 0.6) is 11.5 Å². The number of nitrogens with one attached hydrogen (secondary N) is 1. The lowest BCUT2D eigenvalue weighted by Crippen LogP contribution is -2.48. The van der Waals surface area contributed by atoms with E-state index in [9.17, 15) is 9.59 Å². The van der Waals surface area contributed by atoms with Crippen LogP contribution in [0.4, 0.5) is 0 Å². The molecule has 0 fully saturated rings. The fourth-order valence-electron chi connectivity index (χ4n) is 3.13. The van der Waals surface area contributed by atoms with Gasteiger partial charge in [0.15, 0.2) is 0 Å². The number of rotatable bonds is 11. The Bertz CT molecular complexity index is 826. The quantitative estimate of drug-likeness (QED) is 0.544. The Kier molecular flexibility index (Phi) is 9.48. The summed E-state index contributed by atoms with van der Waals surface area (Å²) in [4.78, 5) is 27.0. The molecule has 2 aromatic carbocycles. The fraction of sp³-hybridized carbons (Fsp3) is 0.391. The molecule has 0 aliphatic carbocycles. The van der Waals surface area contributed by atoms with E-state index in [1.165, 1.54) is 0 Å². The summed E-state index contributed by atoms with van der Waals surface area (Å²) in [5.74, 6) is 1.18. The summed E-state index contributed by atoms with van der Waals surface area (Å²) >= 11 is 6.28. The Morgan fingerprint density at radius 3 is 2.37 bits per heavy atom. The second-order valence-electron chi connectivity index (χ2n) is 6.78. The molecule has 0 aliphatic heterocycles. The predicted molar refractivity (Wildman–Crippen MR) is 118 cm³/mol. The molecule has 2 rings (SSSR count). The molecule has 0 radical (unpaired) electrons. The molecule has 1 N–H and O–H groups in total. The molecule has 0 saturated carbocycles. The third kappa shape index (κ3) is 6.66. The Balaban J connectivity index is 2.00. The molecule has 162 valence electrons. The van der Waals surface area contributed by atoms with Crippen LogP contribution >= 0.6 is 11.6 Å². The number of amides is 2. The molecule has 0 aromatic heterocycles. The van der Waals surface area contributed by atoms with Crippen molar-refractivity contribution in [2.45, 2.75) is 38.8 Å². The zero-order valence-electron chi connectivity index (χ0n) is 17.7. The van der Waals surface area contributed by atoms with Crippen LogP contribution < -0.4 is 14.8 Å². The second-order valence-corrected chi connectivity index (χ2v) is 7.19. The van der Waals surface area contributed by atoms with E-state index in [4.69, 9.17) is 21.1 Å². The average molecular weight is 433 g/mol. The molecule has 0 spiro atoms. The van der Waals surface area contributed by atoms with Crippen molar-refractivity contribution in [2.75, 3.05) is 20.8 Å². The van der Waals surface area contributed by atoms with Crippen molar-refractivity contribution in [1.82, 2.24) is 10.2 Å². The van der Waals surface area contributed by atoms with Gasteiger partial charge >= 0.3 is 0 Å². The van der Waals surface area contributed by atoms with E-state index in [0.29, 0.717) is 30.2 Å². The summed E-state index contributed by atoms with van der Waals surface area (Å²) in [6, 6.07) is 14.1. The number of carbonyl (C=O) groups excluding carboxylic acids is 2. The number of nitrogens with zero attached hydrogens (tertiary/aromatic N) is 1. The number of likely N-dealkylation sites (N-methyl/N-ethyl adjacent to an activating group) is 1. The van der Waals surface area contributed by atoms with Crippen molar-refractivity contribution in [2.24, 2.45) is 0 Å². The summed E-state index contributed by atoms with van der Waals surface area (Å²) < 4.78 is 10.8. The Hall–Kier alpha value is -2.73. The first-order chi connectivity index (χ1) is 14.5. The van der Waals surface area contributed by atoms with Crippen LogP contribution in [0.3, 0.4) is 0 Å². The van der Waals surface area contributed by atoms with Crippen molar-refractivity contribution in [3.05, 3.63) is 59.1 Å². The van der Waals surface area contributed by atoms with Gasteiger partial charge in [0.05, 0.1) is 13.7 Å². The van der Waals surface area contributed by atoms with Gasteiger partial charge in [0.25, 0.3) is 0 Å². The van der Waals surface area contributed by atoms with Gasteiger partial charge in [0, 0.05) is 25.0 Å². The molecule has 7 heteroatoms. The molecule has 2 aromatic rings. The molecule has 6 nitrogen and oxygen atoms in total. The lowest BCUT2D eigenvalue weighted by molar-refractivity contribution is -0.141. The number of hydrogen-bond donors (Lipinski definition) is 1. The molecule has 0 heterocycles. The Morgan fingerprint density at radius 1 is 1.10 bits per heavy atom. The van der Waals surface area contributed by atoms with E-state index in [2.05, 4.69) is 5.32 Å². The van der Waals surface area contributed by atoms with Crippen LogP contribution in [0.15, 0.2) is 48.5 Å². The van der Waals surface area contributed by atoms with E-state index in [1.54, 1.807) is 25.1 Å². The van der Waals surface area contributed by atoms with Gasteiger partial charge in [-0.2, -0.15) is 0 Å². The zero-order valence-corrected chi connectivity index (χ0v) is 18.4. The second kappa shape index (κ2) is 12.1. The third-order valence-corrected chi connectivity index (χ3v) is 5.16. The van der Waals surface area contributed by atoms with Gasteiger partial charge in [-0.1, -0.05) is 36.7 Å². The molecule has 1 atom stereocenters. The molecular weight excluding hydrogens is 404 g/mol.